The van der Waals surface area contributed by atoms with E-state index in [-0.39, 0.29) is 12.0 Å². The molecule has 0 spiro atoms. The largest absolute Gasteiger partial charge is 0.493 e. The third kappa shape index (κ3) is 5.97. The first kappa shape index (κ1) is 24.3. The van der Waals surface area contributed by atoms with Crippen molar-refractivity contribution in [2.45, 2.75) is 57.5 Å². The molecule has 1 aromatic heterocycles. The van der Waals surface area contributed by atoms with Crippen LogP contribution in [0.4, 0.5) is 13.2 Å². The highest BCUT2D eigenvalue weighted by Gasteiger charge is 2.34. The van der Waals surface area contributed by atoms with Gasteiger partial charge in [0.25, 0.3) is 0 Å². The monoisotopic (exact) mass is 489 g/mol. The molecule has 0 bridgehead atoms. The van der Waals surface area contributed by atoms with Gasteiger partial charge in [-0.15, -0.1) is 11.3 Å². The topological polar surface area (TPSA) is 59.4 Å². The van der Waals surface area contributed by atoms with E-state index in [0.29, 0.717) is 37.5 Å². The fourth-order valence-electron chi connectivity index (χ4n) is 4.00. The molecule has 2 aromatic carbocycles. The summed E-state index contributed by atoms with van der Waals surface area (Å²) in [7, 11) is 0. The lowest BCUT2D eigenvalue weighted by Crippen LogP contribution is -2.07. The zero-order valence-electron chi connectivity index (χ0n) is 18.8. The first-order valence-electron chi connectivity index (χ1n) is 11.3. The summed E-state index contributed by atoms with van der Waals surface area (Å²) < 4.78 is 46.0. The fourth-order valence-corrected chi connectivity index (χ4v) is 4.84. The van der Waals surface area contributed by atoms with E-state index in [4.69, 9.17) is 9.84 Å². The molecule has 34 heavy (non-hydrogen) atoms. The molecule has 1 saturated carbocycles. The first-order valence-corrected chi connectivity index (χ1v) is 12.2. The van der Waals surface area contributed by atoms with E-state index in [1.165, 1.54) is 23.5 Å². The number of carbonyl (C=O) groups is 1. The van der Waals surface area contributed by atoms with Crippen molar-refractivity contribution in [1.29, 1.82) is 0 Å². The Morgan fingerprint density at radius 3 is 2.68 bits per heavy atom. The number of halogens is 3. The van der Waals surface area contributed by atoms with Crippen LogP contribution >= 0.6 is 11.3 Å². The lowest BCUT2D eigenvalue weighted by atomic mass is 9.98. The van der Waals surface area contributed by atoms with E-state index in [2.05, 4.69) is 11.1 Å². The number of rotatable bonds is 10. The van der Waals surface area contributed by atoms with Crippen molar-refractivity contribution in [3.05, 3.63) is 69.0 Å². The molecule has 180 valence electrons. The summed E-state index contributed by atoms with van der Waals surface area (Å²) in [6.45, 7) is 2.44. The second-order valence-corrected chi connectivity index (χ2v) is 9.55. The number of benzene rings is 2. The van der Waals surface area contributed by atoms with E-state index < -0.39 is 17.7 Å². The molecule has 1 fully saturated rings. The normalized spacial score (nSPS) is 13.8. The van der Waals surface area contributed by atoms with Gasteiger partial charge in [-0.2, -0.15) is 13.2 Å². The predicted octanol–water partition coefficient (Wildman–Crippen LogP) is 7.04. The number of carboxylic acid groups (broad SMARTS) is 1. The smallest absolute Gasteiger partial charge is 0.417 e. The highest BCUT2D eigenvalue weighted by atomic mass is 32.1. The van der Waals surface area contributed by atoms with Crippen LogP contribution in [0.5, 0.6) is 5.75 Å². The minimum absolute atomic E-state index is 0.0984. The van der Waals surface area contributed by atoms with Crippen LogP contribution in [0.1, 0.15) is 58.9 Å². The average molecular weight is 490 g/mol. The van der Waals surface area contributed by atoms with Crippen LogP contribution in [0.3, 0.4) is 0 Å². The van der Waals surface area contributed by atoms with Crippen molar-refractivity contribution in [3.8, 4) is 17.0 Å². The van der Waals surface area contributed by atoms with Crippen molar-refractivity contribution in [2.24, 2.45) is 0 Å². The molecule has 0 saturated heterocycles. The van der Waals surface area contributed by atoms with Gasteiger partial charge in [0.2, 0.25) is 0 Å². The summed E-state index contributed by atoms with van der Waals surface area (Å²) in [5, 5.41) is 11.4. The first-order chi connectivity index (χ1) is 16.2. The van der Waals surface area contributed by atoms with Gasteiger partial charge in [-0.3, -0.25) is 4.79 Å². The minimum Gasteiger partial charge on any atom is -0.493 e. The van der Waals surface area contributed by atoms with Gasteiger partial charge in [0, 0.05) is 23.8 Å². The number of nitrogens with zero attached hydrogens (tertiary/aromatic N) is 1. The molecule has 0 atom stereocenters. The van der Waals surface area contributed by atoms with Crippen LogP contribution in [-0.4, -0.2) is 22.7 Å². The zero-order valence-corrected chi connectivity index (χ0v) is 19.6. The van der Waals surface area contributed by atoms with Crippen LogP contribution in [0, 0.1) is 6.92 Å². The van der Waals surface area contributed by atoms with Crippen LogP contribution in [0.2, 0.25) is 0 Å². The second-order valence-electron chi connectivity index (χ2n) is 8.61. The Kier molecular flexibility index (Phi) is 7.26. The Labute approximate surface area is 200 Å². The van der Waals surface area contributed by atoms with Gasteiger partial charge in [0.1, 0.15) is 5.75 Å². The maximum Gasteiger partial charge on any atom is 0.417 e. The van der Waals surface area contributed by atoms with Crippen LogP contribution in [0.25, 0.3) is 11.3 Å². The molecule has 1 aliphatic carbocycles. The quantitative estimate of drug-likeness (QED) is 0.310. The van der Waals surface area contributed by atoms with Gasteiger partial charge in [-0.25, -0.2) is 4.98 Å². The summed E-state index contributed by atoms with van der Waals surface area (Å²) in [4.78, 5) is 15.4. The van der Waals surface area contributed by atoms with Crippen LogP contribution in [-0.2, 0) is 23.8 Å². The Bertz CT molecular complexity index is 1170. The Morgan fingerprint density at radius 2 is 1.97 bits per heavy atom. The summed E-state index contributed by atoms with van der Waals surface area (Å²) in [6, 6.07) is 9.59. The highest BCUT2D eigenvalue weighted by molar-refractivity contribution is 7.09. The molecule has 0 unspecified atom stereocenters. The SMILES string of the molecule is Cc1cc(OCCCc2nc(-c3ccccc3C(F)(F)F)cs2)c(C2CC2)cc1CCC(=O)O. The van der Waals surface area contributed by atoms with Crippen LogP contribution < -0.4 is 4.74 Å². The zero-order chi connectivity index (χ0) is 24.3. The number of aryl methyl sites for hydroxylation is 3. The third-order valence-electron chi connectivity index (χ3n) is 5.95. The summed E-state index contributed by atoms with van der Waals surface area (Å²) in [5.74, 6) is 0.507. The van der Waals surface area contributed by atoms with E-state index in [1.54, 1.807) is 11.4 Å². The third-order valence-corrected chi connectivity index (χ3v) is 6.86. The molecule has 8 heteroatoms. The molecule has 1 N–H and O–H groups in total. The molecule has 4 nitrogen and oxygen atoms in total. The molecule has 3 aromatic rings. The van der Waals surface area contributed by atoms with E-state index in [1.807, 2.05) is 13.0 Å². The Morgan fingerprint density at radius 1 is 1.21 bits per heavy atom. The lowest BCUT2D eigenvalue weighted by Gasteiger charge is -2.15. The number of alkyl halides is 3. The maximum absolute atomic E-state index is 13.3. The van der Waals surface area contributed by atoms with Crippen molar-refractivity contribution >= 4 is 17.3 Å². The Hall–Kier alpha value is -2.87. The van der Waals surface area contributed by atoms with Gasteiger partial charge in [-0.1, -0.05) is 24.3 Å². The molecule has 0 amide bonds. The number of aliphatic carboxylic acids is 1. The van der Waals surface area contributed by atoms with E-state index >= 15 is 0 Å². The molecular weight excluding hydrogens is 463 g/mol. The maximum atomic E-state index is 13.3. The highest BCUT2D eigenvalue weighted by Crippen LogP contribution is 2.45. The van der Waals surface area contributed by atoms with Crippen molar-refractivity contribution in [2.75, 3.05) is 6.61 Å². The van der Waals surface area contributed by atoms with Crippen molar-refractivity contribution < 1.29 is 27.8 Å². The number of carboxylic acids is 1. The van der Waals surface area contributed by atoms with E-state index in [9.17, 15) is 18.0 Å². The average Bonchev–Trinajstić information content (AvgIpc) is 3.52. The molecule has 4 rings (SSSR count). The number of ether oxygens (including phenoxy) is 1. The molecule has 1 heterocycles. The van der Waals surface area contributed by atoms with Crippen molar-refractivity contribution in [1.82, 2.24) is 4.98 Å². The number of hydrogen-bond donors (Lipinski definition) is 1. The summed E-state index contributed by atoms with van der Waals surface area (Å²) in [5.41, 5.74) is 2.98. The molecule has 0 aliphatic heterocycles. The lowest BCUT2D eigenvalue weighted by molar-refractivity contribution is -0.137. The summed E-state index contributed by atoms with van der Waals surface area (Å²) >= 11 is 1.36. The number of hydrogen-bond acceptors (Lipinski definition) is 4. The van der Waals surface area contributed by atoms with Gasteiger partial charge in [0.15, 0.2) is 0 Å². The fraction of sp³-hybridized carbons (Fsp3) is 0.385. The molecular formula is C26H26F3NO3S. The van der Waals surface area contributed by atoms with Crippen molar-refractivity contribution in [3.63, 3.8) is 0 Å². The minimum atomic E-state index is -4.42. The summed E-state index contributed by atoms with van der Waals surface area (Å²) in [6.07, 6.45) is -0.280. The molecule has 0 radical (unpaired) electrons. The number of thiazole rings is 1. The van der Waals surface area contributed by atoms with Crippen LogP contribution in [0.15, 0.2) is 41.8 Å². The molecule has 1 aliphatic rings. The Balaban J connectivity index is 1.37. The van der Waals surface area contributed by atoms with Gasteiger partial charge in [-0.05, 0) is 67.3 Å². The second kappa shape index (κ2) is 10.2. The standard InChI is InChI=1S/C26H26F3NO3S/c1-16-13-23(20(17-8-9-17)14-18(16)10-11-25(31)32)33-12-4-7-24-30-22(15-34-24)19-5-2-3-6-21(19)26(27,28)29/h2-3,5-6,13-15,17H,4,7-12H2,1H3,(H,31,32). The van der Waals surface area contributed by atoms with E-state index in [0.717, 1.165) is 46.4 Å². The predicted molar refractivity (Wildman–Crippen MR) is 125 cm³/mol. The number of aromatic nitrogens is 1. The van der Waals surface area contributed by atoms with Gasteiger partial charge in [0.05, 0.1) is 22.9 Å². The van der Waals surface area contributed by atoms with Gasteiger partial charge < -0.3 is 9.84 Å². The van der Waals surface area contributed by atoms with Gasteiger partial charge >= 0.3 is 12.1 Å².